The quantitative estimate of drug-likeness (QED) is 0.832. The lowest BCUT2D eigenvalue weighted by atomic mass is 9.99. The fourth-order valence-corrected chi connectivity index (χ4v) is 1.58. The van der Waals surface area contributed by atoms with E-state index >= 15 is 0 Å². The van der Waals surface area contributed by atoms with Crippen molar-refractivity contribution in [2.24, 2.45) is 5.92 Å². The van der Waals surface area contributed by atoms with Crippen molar-refractivity contribution in [1.82, 2.24) is 0 Å². The van der Waals surface area contributed by atoms with Gasteiger partial charge in [0.15, 0.2) is 0 Å². The van der Waals surface area contributed by atoms with Crippen LogP contribution in [0.5, 0.6) is 0 Å². The van der Waals surface area contributed by atoms with Crippen molar-refractivity contribution in [3.05, 3.63) is 30.3 Å². The van der Waals surface area contributed by atoms with Crippen LogP contribution in [0, 0.1) is 5.92 Å². The lowest BCUT2D eigenvalue weighted by molar-refractivity contribution is -0.176. The van der Waals surface area contributed by atoms with Crippen molar-refractivity contribution in [3.8, 4) is 0 Å². The minimum absolute atomic E-state index is 0.145. The number of halogens is 6. The Bertz CT molecular complexity index is 424. The Balaban J connectivity index is 2.79. The molecule has 0 saturated carbocycles. The zero-order chi connectivity index (χ0) is 15.4. The predicted molar refractivity (Wildman–Crippen MR) is 59.9 cm³/mol. The van der Waals surface area contributed by atoms with Crippen LogP contribution in [-0.4, -0.2) is 18.3 Å². The van der Waals surface area contributed by atoms with Gasteiger partial charge in [-0.25, -0.2) is 0 Å². The highest BCUT2D eigenvalue weighted by Gasteiger charge is 2.42. The molecule has 0 unspecified atom stereocenters. The van der Waals surface area contributed by atoms with E-state index in [2.05, 4.69) is 0 Å². The summed E-state index contributed by atoms with van der Waals surface area (Å²) in [4.78, 5) is 11.6. The summed E-state index contributed by atoms with van der Waals surface area (Å²) in [5.74, 6) is -3.50. The van der Waals surface area contributed by atoms with Crippen molar-refractivity contribution >= 4 is 11.6 Å². The number of benzene rings is 1. The van der Waals surface area contributed by atoms with Crippen LogP contribution in [0.4, 0.5) is 32.0 Å². The van der Waals surface area contributed by atoms with Gasteiger partial charge in [-0.2, -0.15) is 26.3 Å². The fourth-order valence-electron chi connectivity index (χ4n) is 1.58. The van der Waals surface area contributed by atoms with E-state index in [1.165, 1.54) is 24.3 Å². The van der Waals surface area contributed by atoms with E-state index in [9.17, 15) is 31.1 Å². The lowest BCUT2D eigenvalue weighted by Crippen LogP contribution is -2.31. The Morgan fingerprint density at radius 1 is 0.950 bits per heavy atom. The van der Waals surface area contributed by atoms with Crippen molar-refractivity contribution in [2.45, 2.75) is 25.2 Å². The molecule has 0 aliphatic heterocycles. The summed E-state index contributed by atoms with van der Waals surface area (Å²) < 4.78 is 73.4. The molecule has 0 saturated heterocycles. The third kappa shape index (κ3) is 6.44. The van der Waals surface area contributed by atoms with Crippen molar-refractivity contribution in [2.75, 3.05) is 5.32 Å². The standard InChI is InChI=1S/C12H11F6NO/c13-11(14,15)6-8(7-12(16,17)18)10(20)19-9-4-2-1-3-5-9/h1-5,8H,6-7H2,(H,19,20). The van der Waals surface area contributed by atoms with Crippen molar-refractivity contribution < 1.29 is 31.1 Å². The summed E-state index contributed by atoms with van der Waals surface area (Å²) in [5.41, 5.74) is 0.145. The van der Waals surface area contributed by atoms with Crippen LogP contribution in [0.15, 0.2) is 30.3 Å². The zero-order valence-electron chi connectivity index (χ0n) is 10.1. The normalized spacial score (nSPS) is 12.6. The second-order valence-electron chi connectivity index (χ2n) is 4.19. The molecule has 0 radical (unpaired) electrons. The van der Waals surface area contributed by atoms with Gasteiger partial charge in [-0.3, -0.25) is 4.79 Å². The zero-order valence-corrected chi connectivity index (χ0v) is 10.1. The summed E-state index contributed by atoms with van der Waals surface area (Å²) in [6.07, 6.45) is -13.3. The molecule has 0 fully saturated rings. The van der Waals surface area contributed by atoms with E-state index in [1.807, 2.05) is 5.32 Å². The number of para-hydroxylation sites is 1. The number of hydrogen-bond donors (Lipinski definition) is 1. The molecule has 2 nitrogen and oxygen atoms in total. The molecule has 0 aliphatic carbocycles. The molecular formula is C12H11F6NO. The first-order chi connectivity index (χ1) is 9.07. The number of hydrogen-bond acceptors (Lipinski definition) is 1. The third-order valence-electron chi connectivity index (χ3n) is 2.37. The smallest absolute Gasteiger partial charge is 0.326 e. The second-order valence-corrected chi connectivity index (χ2v) is 4.19. The molecule has 112 valence electrons. The number of amides is 1. The molecule has 20 heavy (non-hydrogen) atoms. The molecule has 0 spiro atoms. The molecule has 0 aromatic heterocycles. The summed E-state index contributed by atoms with van der Waals surface area (Å²) >= 11 is 0. The Morgan fingerprint density at radius 2 is 1.40 bits per heavy atom. The van der Waals surface area contributed by atoms with Crippen LogP contribution in [0.25, 0.3) is 0 Å². The Morgan fingerprint density at radius 3 is 1.80 bits per heavy atom. The number of anilines is 1. The SMILES string of the molecule is O=C(Nc1ccccc1)C(CC(F)(F)F)CC(F)(F)F. The van der Waals surface area contributed by atoms with Crippen LogP contribution in [0.3, 0.4) is 0 Å². The highest BCUT2D eigenvalue weighted by Crippen LogP contribution is 2.33. The van der Waals surface area contributed by atoms with Gasteiger partial charge < -0.3 is 5.32 Å². The molecule has 0 bridgehead atoms. The van der Waals surface area contributed by atoms with Gasteiger partial charge in [0.2, 0.25) is 5.91 Å². The summed E-state index contributed by atoms with van der Waals surface area (Å²) in [5, 5.41) is 2.05. The van der Waals surface area contributed by atoms with E-state index in [4.69, 9.17) is 0 Å². The molecule has 1 amide bonds. The minimum atomic E-state index is -4.84. The van der Waals surface area contributed by atoms with Gasteiger partial charge in [-0.05, 0) is 12.1 Å². The highest BCUT2D eigenvalue weighted by molar-refractivity contribution is 5.92. The fraction of sp³-hybridized carbons (Fsp3) is 0.417. The Hall–Kier alpha value is -1.73. The van der Waals surface area contributed by atoms with Gasteiger partial charge in [0.05, 0.1) is 18.8 Å². The first-order valence-corrected chi connectivity index (χ1v) is 5.56. The van der Waals surface area contributed by atoms with Crippen LogP contribution in [0.1, 0.15) is 12.8 Å². The van der Waals surface area contributed by atoms with E-state index in [1.54, 1.807) is 6.07 Å². The van der Waals surface area contributed by atoms with Gasteiger partial charge in [0.1, 0.15) is 0 Å². The largest absolute Gasteiger partial charge is 0.389 e. The van der Waals surface area contributed by atoms with Crippen molar-refractivity contribution in [1.29, 1.82) is 0 Å². The molecular weight excluding hydrogens is 288 g/mol. The molecule has 0 aliphatic rings. The molecule has 1 rings (SSSR count). The average Bonchev–Trinajstić information content (AvgIpc) is 2.25. The van der Waals surface area contributed by atoms with Gasteiger partial charge in [0, 0.05) is 5.69 Å². The van der Waals surface area contributed by atoms with Gasteiger partial charge in [-0.15, -0.1) is 0 Å². The minimum Gasteiger partial charge on any atom is -0.326 e. The molecule has 1 N–H and O–H groups in total. The molecule has 8 heteroatoms. The van der Waals surface area contributed by atoms with Crippen LogP contribution < -0.4 is 5.32 Å². The molecule has 1 aromatic rings. The van der Waals surface area contributed by atoms with E-state index in [-0.39, 0.29) is 5.69 Å². The molecule has 0 atom stereocenters. The number of alkyl halides is 6. The first-order valence-electron chi connectivity index (χ1n) is 5.56. The summed E-state index contributed by atoms with van der Waals surface area (Å²) in [6, 6.07) is 7.33. The van der Waals surface area contributed by atoms with Gasteiger partial charge in [-0.1, -0.05) is 18.2 Å². The topological polar surface area (TPSA) is 29.1 Å². The number of nitrogens with one attached hydrogen (secondary N) is 1. The third-order valence-corrected chi connectivity index (χ3v) is 2.37. The number of rotatable bonds is 4. The highest BCUT2D eigenvalue weighted by atomic mass is 19.4. The molecule has 0 heterocycles. The van der Waals surface area contributed by atoms with E-state index in [0.29, 0.717) is 0 Å². The van der Waals surface area contributed by atoms with E-state index in [0.717, 1.165) is 0 Å². The maximum Gasteiger partial charge on any atom is 0.389 e. The number of carbonyl (C=O) groups excluding carboxylic acids is 1. The van der Waals surface area contributed by atoms with Crippen LogP contribution >= 0.6 is 0 Å². The van der Waals surface area contributed by atoms with Gasteiger partial charge in [0.25, 0.3) is 0 Å². The Kier molecular flexibility index (Phi) is 5.02. The monoisotopic (exact) mass is 299 g/mol. The summed E-state index contributed by atoms with van der Waals surface area (Å²) in [7, 11) is 0. The Labute approximate surface area is 110 Å². The number of carbonyl (C=O) groups is 1. The predicted octanol–water partition coefficient (Wildman–Crippen LogP) is 4.15. The van der Waals surface area contributed by atoms with Gasteiger partial charge >= 0.3 is 12.4 Å². The maximum atomic E-state index is 12.2. The second kappa shape index (κ2) is 6.15. The first kappa shape index (κ1) is 16.3. The average molecular weight is 299 g/mol. The maximum absolute atomic E-state index is 12.2. The van der Waals surface area contributed by atoms with Crippen LogP contribution in [-0.2, 0) is 4.79 Å². The van der Waals surface area contributed by atoms with E-state index < -0.39 is 37.0 Å². The molecule has 1 aromatic carbocycles. The van der Waals surface area contributed by atoms with Crippen molar-refractivity contribution in [3.63, 3.8) is 0 Å². The lowest BCUT2D eigenvalue weighted by Gasteiger charge is -2.19. The summed E-state index contributed by atoms with van der Waals surface area (Å²) in [6.45, 7) is 0. The van der Waals surface area contributed by atoms with Crippen LogP contribution in [0.2, 0.25) is 0 Å².